The highest BCUT2D eigenvalue weighted by Gasteiger charge is 2.19. The van der Waals surface area contributed by atoms with Crippen LogP contribution in [0.1, 0.15) is 37.3 Å². The van der Waals surface area contributed by atoms with E-state index in [1.165, 1.54) is 0 Å². The van der Waals surface area contributed by atoms with Crippen LogP contribution in [0, 0.1) is 6.92 Å². The number of ether oxygens (including phenoxy) is 2. The molecule has 0 aliphatic carbocycles. The zero-order chi connectivity index (χ0) is 28.1. The number of hydrogen-bond donors (Lipinski definition) is 2. The molecule has 5 rings (SSSR count). The highest BCUT2D eigenvalue weighted by atomic mass is 32.2. The number of pyridine rings is 1. The molecular formula is C30H35N5O4S. The summed E-state index contributed by atoms with van der Waals surface area (Å²) in [5.74, 6) is 2.24. The van der Waals surface area contributed by atoms with Gasteiger partial charge in [0.2, 0.25) is 11.8 Å². The molecule has 1 aliphatic heterocycles. The Morgan fingerprint density at radius 2 is 2.00 bits per heavy atom. The molecule has 1 saturated heterocycles. The molecule has 2 aromatic carbocycles. The summed E-state index contributed by atoms with van der Waals surface area (Å²) in [5, 5.41) is 8.49. The Bertz CT molecular complexity index is 1600. The van der Waals surface area contributed by atoms with Crippen molar-refractivity contribution < 1.29 is 17.9 Å². The number of piperidine rings is 1. The number of fused-ring (bicyclic) bond motifs is 1. The molecule has 1 fully saturated rings. The van der Waals surface area contributed by atoms with Crippen molar-refractivity contribution in [1.29, 1.82) is 0 Å². The number of aryl methyl sites for hydroxylation is 1. The molecule has 0 saturated carbocycles. The Kier molecular flexibility index (Phi) is 8.46. The van der Waals surface area contributed by atoms with Crippen LogP contribution >= 0.6 is 0 Å². The Labute approximate surface area is 235 Å². The minimum absolute atomic E-state index is 0.0139. The predicted molar refractivity (Wildman–Crippen MR) is 158 cm³/mol. The van der Waals surface area contributed by atoms with Crippen molar-refractivity contribution in [3.63, 3.8) is 0 Å². The Hall–Kier alpha value is -3.76. The molecule has 9 nitrogen and oxygen atoms in total. The summed E-state index contributed by atoms with van der Waals surface area (Å²) in [4.78, 5) is 13.8. The molecule has 40 heavy (non-hydrogen) atoms. The lowest BCUT2D eigenvalue weighted by Gasteiger charge is -2.23. The number of nitrogens with one attached hydrogen (secondary N) is 2. The average molecular weight is 562 g/mol. The van der Waals surface area contributed by atoms with E-state index in [0.717, 1.165) is 47.8 Å². The summed E-state index contributed by atoms with van der Waals surface area (Å²) >= 11 is 0. The fraction of sp³-hybridized carbons (Fsp3) is 0.367. The minimum Gasteiger partial charge on any atom is -0.495 e. The van der Waals surface area contributed by atoms with E-state index in [2.05, 4.69) is 20.6 Å². The number of aromatic nitrogens is 3. The molecule has 10 heteroatoms. The molecule has 0 amide bonds. The lowest BCUT2D eigenvalue weighted by Crippen LogP contribution is -2.38. The first-order chi connectivity index (χ1) is 19.4. The van der Waals surface area contributed by atoms with Gasteiger partial charge in [0.1, 0.15) is 11.5 Å². The zero-order valence-electron chi connectivity index (χ0n) is 23.1. The maximum Gasteiger partial charge on any atom is 0.228 e. The second kappa shape index (κ2) is 12.2. The standard InChI is InChI=1S/C30H35N5O4S/c1-4-15-40(36,37)19-21-7-5-9-25-24(21)11-10-20(2)28(25)39-29-26(16-23(38-3)18-33-29)27-12-14-32-30(35-27)34-22-8-6-13-31-17-22/h5,7,9-12,14,16,18,22,31H,4,6,8,13,15,17,19H2,1-3H3,(H,32,34,35)/t22-/m0/s1. The molecule has 0 unspecified atom stereocenters. The zero-order valence-corrected chi connectivity index (χ0v) is 23.9. The van der Waals surface area contributed by atoms with Gasteiger partial charge in [-0.05, 0) is 61.4 Å². The number of nitrogens with zero attached hydrogens (tertiary/aromatic N) is 3. The Morgan fingerprint density at radius 3 is 2.77 bits per heavy atom. The van der Waals surface area contributed by atoms with E-state index in [1.807, 2.05) is 56.3 Å². The topological polar surface area (TPSA) is 115 Å². The molecule has 0 radical (unpaired) electrons. The smallest absolute Gasteiger partial charge is 0.228 e. The van der Waals surface area contributed by atoms with E-state index < -0.39 is 9.84 Å². The SMILES string of the molecule is CCCS(=O)(=O)Cc1cccc2c(Oc3ncc(OC)cc3-c3ccnc(N[C@H]4CCCNC4)n3)c(C)ccc12. The lowest BCUT2D eigenvalue weighted by atomic mass is 10.0. The summed E-state index contributed by atoms with van der Waals surface area (Å²) in [5.41, 5.74) is 2.96. The average Bonchev–Trinajstić information content (AvgIpc) is 2.95. The fourth-order valence-electron chi connectivity index (χ4n) is 5.03. The van der Waals surface area contributed by atoms with Gasteiger partial charge in [-0.1, -0.05) is 37.3 Å². The van der Waals surface area contributed by atoms with Crippen molar-refractivity contribution >= 4 is 26.6 Å². The Balaban J connectivity index is 1.53. The summed E-state index contributed by atoms with van der Waals surface area (Å²) < 4.78 is 37.2. The largest absolute Gasteiger partial charge is 0.495 e. The van der Waals surface area contributed by atoms with Crippen LogP contribution < -0.4 is 20.1 Å². The van der Waals surface area contributed by atoms with E-state index in [0.29, 0.717) is 41.0 Å². The number of hydrogen-bond acceptors (Lipinski definition) is 9. The van der Waals surface area contributed by atoms with Gasteiger partial charge in [-0.25, -0.2) is 23.4 Å². The first-order valence-corrected chi connectivity index (χ1v) is 15.4. The van der Waals surface area contributed by atoms with Crippen molar-refractivity contribution in [3.8, 4) is 28.6 Å². The van der Waals surface area contributed by atoms with Crippen LogP contribution in [0.25, 0.3) is 22.0 Å². The van der Waals surface area contributed by atoms with E-state index >= 15 is 0 Å². The maximum absolute atomic E-state index is 12.6. The number of methoxy groups -OCH3 is 1. The number of sulfone groups is 1. The van der Waals surface area contributed by atoms with Crippen molar-refractivity contribution in [2.45, 2.75) is 44.9 Å². The number of rotatable bonds is 10. The van der Waals surface area contributed by atoms with Gasteiger partial charge in [0.15, 0.2) is 9.84 Å². The number of benzene rings is 2. The first-order valence-electron chi connectivity index (χ1n) is 13.6. The van der Waals surface area contributed by atoms with Gasteiger partial charge >= 0.3 is 0 Å². The van der Waals surface area contributed by atoms with Crippen LogP contribution in [0.3, 0.4) is 0 Å². The van der Waals surface area contributed by atoms with Gasteiger partial charge in [-0.2, -0.15) is 0 Å². The van der Waals surface area contributed by atoms with Gasteiger partial charge in [0, 0.05) is 24.2 Å². The third-order valence-corrected chi connectivity index (χ3v) is 8.79. The third kappa shape index (κ3) is 6.34. The van der Waals surface area contributed by atoms with Crippen LogP contribution in [-0.2, 0) is 15.6 Å². The van der Waals surface area contributed by atoms with Crippen molar-refractivity contribution in [1.82, 2.24) is 20.3 Å². The lowest BCUT2D eigenvalue weighted by molar-refractivity contribution is 0.408. The van der Waals surface area contributed by atoms with Gasteiger partial charge < -0.3 is 20.1 Å². The molecule has 0 spiro atoms. The molecule has 0 bridgehead atoms. The van der Waals surface area contributed by atoms with Crippen molar-refractivity contribution in [3.05, 3.63) is 66.0 Å². The first kappa shape index (κ1) is 27.8. The molecule has 1 aliphatic rings. The normalized spacial score (nSPS) is 15.6. The molecule has 2 N–H and O–H groups in total. The van der Waals surface area contributed by atoms with E-state index in [-0.39, 0.29) is 17.5 Å². The summed E-state index contributed by atoms with van der Waals surface area (Å²) in [6, 6.07) is 13.5. The van der Waals surface area contributed by atoms with Crippen LogP contribution in [0.5, 0.6) is 17.4 Å². The summed E-state index contributed by atoms with van der Waals surface area (Å²) in [6.45, 7) is 5.73. The highest BCUT2D eigenvalue weighted by molar-refractivity contribution is 7.90. The van der Waals surface area contributed by atoms with Gasteiger partial charge in [0.05, 0.1) is 36.1 Å². The van der Waals surface area contributed by atoms with Crippen LogP contribution in [0.2, 0.25) is 0 Å². The second-order valence-corrected chi connectivity index (χ2v) is 12.3. The molecule has 210 valence electrons. The third-order valence-electron chi connectivity index (χ3n) is 7.01. The monoisotopic (exact) mass is 561 g/mol. The highest BCUT2D eigenvalue weighted by Crippen LogP contribution is 2.39. The van der Waals surface area contributed by atoms with Gasteiger partial charge in [0.25, 0.3) is 0 Å². The quantitative estimate of drug-likeness (QED) is 0.266. The summed E-state index contributed by atoms with van der Waals surface area (Å²) in [6.07, 6.45) is 6.07. The van der Waals surface area contributed by atoms with Gasteiger partial charge in [-0.3, -0.25) is 0 Å². The fourth-order valence-corrected chi connectivity index (χ4v) is 6.52. The molecular weight excluding hydrogens is 526 g/mol. The molecule has 1 atom stereocenters. The molecule has 2 aromatic heterocycles. The van der Waals surface area contributed by atoms with E-state index in [9.17, 15) is 8.42 Å². The predicted octanol–water partition coefficient (Wildman–Crippen LogP) is 5.29. The van der Waals surface area contributed by atoms with Crippen LogP contribution in [-0.4, -0.2) is 55.4 Å². The van der Waals surface area contributed by atoms with Crippen molar-refractivity contribution in [2.75, 3.05) is 31.3 Å². The summed E-state index contributed by atoms with van der Waals surface area (Å²) in [7, 11) is -1.62. The van der Waals surface area contributed by atoms with Crippen molar-refractivity contribution in [2.24, 2.45) is 0 Å². The maximum atomic E-state index is 12.6. The minimum atomic E-state index is -3.21. The van der Waals surface area contributed by atoms with E-state index in [4.69, 9.17) is 14.5 Å². The van der Waals surface area contributed by atoms with Crippen LogP contribution in [0.4, 0.5) is 5.95 Å². The van der Waals surface area contributed by atoms with E-state index in [1.54, 1.807) is 19.5 Å². The number of anilines is 1. The van der Waals surface area contributed by atoms with Gasteiger partial charge in [-0.15, -0.1) is 0 Å². The Morgan fingerprint density at radius 1 is 1.12 bits per heavy atom. The molecule has 3 heterocycles. The second-order valence-electron chi connectivity index (χ2n) is 10.1. The molecule has 4 aromatic rings. The van der Waals surface area contributed by atoms with Crippen LogP contribution in [0.15, 0.2) is 54.9 Å².